The predicted octanol–water partition coefficient (Wildman–Crippen LogP) is 3.29. The Morgan fingerprint density at radius 1 is 1.38 bits per heavy atom. The van der Waals surface area contributed by atoms with Crippen LogP contribution in [-0.4, -0.2) is 14.8 Å². The van der Waals surface area contributed by atoms with E-state index in [9.17, 15) is 0 Å². The normalized spacial score (nSPS) is 11.0. The van der Waals surface area contributed by atoms with Gasteiger partial charge in [0.05, 0.1) is 11.9 Å². The molecule has 0 bridgehead atoms. The zero-order valence-electron chi connectivity index (χ0n) is 9.39. The van der Waals surface area contributed by atoms with Crippen molar-refractivity contribution in [3.8, 4) is 5.82 Å². The number of hydrogen-bond donors (Lipinski definition) is 0. The summed E-state index contributed by atoms with van der Waals surface area (Å²) in [5.41, 5.74) is 2.44. The number of hydrogen-bond acceptors (Lipinski definition) is 2. The summed E-state index contributed by atoms with van der Waals surface area (Å²) >= 11 is 3.49. The molecule has 84 valence electrons. The van der Waals surface area contributed by atoms with E-state index < -0.39 is 0 Å². The minimum absolute atomic E-state index is 0.428. The van der Waals surface area contributed by atoms with Crippen LogP contribution in [0.1, 0.15) is 31.0 Å². The fraction of sp³-hybridized carbons (Fsp3) is 0.333. The molecule has 0 spiro atoms. The molecule has 0 atom stereocenters. The maximum absolute atomic E-state index is 4.40. The first kappa shape index (κ1) is 11.3. The summed E-state index contributed by atoms with van der Waals surface area (Å²) in [5.74, 6) is 1.30. The van der Waals surface area contributed by atoms with Crippen LogP contribution in [0.4, 0.5) is 0 Å². The third-order valence-electron chi connectivity index (χ3n) is 2.44. The highest BCUT2D eigenvalue weighted by molar-refractivity contribution is 9.08. The first-order chi connectivity index (χ1) is 7.74. The lowest BCUT2D eigenvalue weighted by Crippen LogP contribution is -2.06. The molecular weight excluding hydrogens is 266 g/mol. The van der Waals surface area contributed by atoms with E-state index >= 15 is 0 Å². The minimum Gasteiger partial charge on any atom is -0.237 e. The van der Waals surface area contributed by atoms with Gasteiger partial charge in [-0.2, -0.15) is 5.10 Å². The molecule has 0 aromatic carbocycles. The Hall–Kier alpha value is -1.16. The van der Waals surface area contributed by atoms with Crippen LogP contribution in [0.3, 0.4) is 0 Å². The Kier molecular flexibility index (Phi) is 3.39. The summed E-state index contributed by atoms with van der Waals surface area (Å²) in [6.07, 6.45) is 3.69. The van der Waals surface area contributed by atoms with Crippen molar-refractivity contribution in [1.29, 1.82) is 0 Å². The van der Waals surface area contributed by atoms with Gasteiger partial charge in [0.2, 0.25) is 0 Å². The Balaban J connectivity index is 2.53. The third kappa shape index (κ3) is 2.02. The summed E-state index contributed by atoms with van der Waals surface area (Å²) < 4.78 is 1.92. The molecule has 3 nitrogen and oxygen atoms in total. The van der Waals surface area contributed by atoms with Crippen molar-refractivity contribution in [1.82, 2.24) is 14.8 Å². The van der Waals surface area contributed by atoms with E-state index in [1.165, 1.54) is 11.3 Å². The first-order valence-electron chi connectivity index (χ1n) is 5.28. The van der Waals surface area contributed by atoms with Gasteiger partial charge >= 0.3 is 0 Å². The van der Waals surface area contributed by atoms with Crippen LogP contribution >= 0.6 is 15.9 Å². The monoisotopic (exact) mass is 279 g/mol. The van der Waals surface area contributed by atoms with Gasteiger partial charge in [-0.1, -0.05) is 35.8 Å². The largest absolute Gasteiger partial charge is 0.237 e. The predicted molar refractivity (Wildman–Crippen MR) is 68.1 cm³/mol. The standard InChI is InChI=1S/C12H14BrN3/c1-9(2)12-10(7-13)8-15-16(12)11-5-3-4-6-14-11/h3-6,8-9H,7H2,1-2H3. The van der Waals surface area contributed by atoms with Crippen LogP contribution in [0.25, 0.3) is 5.82 Å². The van der Waals surface area contributed by atoms with Crippen LogP contribution in [0.15, 0.2) is 30.6 Å². The van der Waals surface area contributed by atoms with Crippen molar-refractivity contribution in [2.45, 2.75) is 25.1 Å². The van der Waals surface area contributed by atoms with Crippen molar-refractivity contribution in [2.75, 3.05) is 0 Å². The van der Waals surface area contributed by atoms with Crippen LogP contribution < -0.4 is 0 Å². The Morgan fingerprint density at radius 2 is 2.19 bits per heavy atom. The molecule has 0 aliphatic rings. The lowest BCUT2D eigenvalue weighted by atomic mass is 10.1. The smallest absolute Gasteiger partial charge is 0.153 e. The van der Waals surface area contributed by atoms with Crippen LogP contribution in [0.2, 0.25) is 0 Å². The molecule has 4 heteroatoms. The van der Waals surface area contributed by atoms with E-state index in [1.807, 2.05) is 29.1 Å². The molecule has 0 radical (unpaired) electrons. The van der Waals surface area contributed by atoms with E-state index in [-0.39, 0.29) is 0 Å². The van der Waals surface area contributed by atoms with Crippen molar-refractivity contribution in [3.05, 3.63) is 41.9 Å². The number of rotatable bonds is 3. The molecule has 2 heterocycles. The van der Waals surface area contributed by atoms with Gasteiger partial charge in [0.25, 0.3) is 0 Å². The van der Waals surface area contributed by atoms with Crippen LogP contribution in [0.5, 0.6) is 0 Å². The maximum Gasteiger partial charge on any atom is 0.153 e. The molecule has 0 saturated carbocycles. The number of halogens is 1. The van der Waals surface area contributed by atoms with Gasteiger partial charge in [-0.25, -0.2) is 9.67 Å². The summed E-state index contributed by atoms with van der Waals surface area (Å²) in [6.45, 7) is 4.34. The number of pyridine rings is 1. The number of aromatic nitrogens is 3. The number of nitrogens with zero attached hydrogens (tertiary/aromatic N) is 3. The molecule has 0 aliphatic heterocycles. The van der Waals surface area contributed by atoms with Crippen molar-refractivity contribution in [3.63, 3.8) is 0 Å². The lowest BCUT2D eigenvalue weighted by Gasteiger charge is -2.10. The fourth-order valence-electron chi connectivity index (χ4n) is 1.77. The zero-order chi connectivity index (χ0) is 11.5. The second-order valence-electron chi connectivity index (χ2n) is 3.94. The summed E-state index contributed by atoms with van der Waals surface area (Å²) in [4.78, 5) is 4.32. The van der Waals surface area contributed by atoms with Crippen LogP contribution in [-0.2, 0) is 5.33 Å². The van der Waals surface area contributed by atoms with E-state index in [1.54, 1.807) is 6.20 Å². The molecular formula is C12H14BrN3. The Bertz CT molecular complexity index is 462. The molecule has 2 aromatic heterocycles. The van der Waals surface area contributed by atoms with Gasteiger partial charge in [0.15, 0.2) is 5.82 Å². The summed E-state index contributed by atoms with van der Waals surface area (Å²) in [7, 11) is 0. The highest BCUT2D eigenvalue weighted by atomic mass is 79.9. The third-order valence-corrected chi connectivity index (χ3v) is 3.05. The SMILES string of the molecule is CC(C)c1c(CBr)cnn1-c1ccccn1. The molecule has 0 fully saturated rings. The second kappa shape index (κ2) is 4.78. The van der Waals surface area contributed by atoms with Gasteiger partial charge in [0.1, 0.15) is 0 Å². The fourth-order valence-corrected chi connectivity index (χ4v) is 2.20. The molecule has 0 amide bonds. The van der Waals surface area contributed by atoms with E-state index in [4.69, 9.17) is 0 Å². The number of alkyl halides is 1. The van der Waals surface area contributed by atoms with Crippen LogP contribution in [0, 0.1) is 0 Å². The summed E-state index contributed by atoms with van der Waals surface area (Å²) in [6, 6.07) is 5.85. The summed E-state index contributed by atoms with van der Waals surface area (Å²) in [5, 5.41) is 5.23. The highest BCUT2D eigenvalue weighted by Gasteiger charge is 2.14. The molecule has 0 unspecified atom stereocenters. The molecule has 16 heavy (non-hydrogen) atoms. The Labute approximate surface area is 104 Å². The topological polar surface area (TPSA) is 30.7 Å². The minimum atomic E-state index is 0.428. The molecule has 0 aliphatic carbocycles. The van der Waals surface area contributed by atoms with Gasteiger partial charge in [-0.05, 0) is 18.1 Å². The molecule has 2 aromatic rings. The average Bonchev–Trinajstić information content (AvgIpc) is 2.73. The van der Waals surface area contributed by atoms with Crippen molar-refractivity contribution in [2.24, 2.45) is 0 Å². The van der Waals surface area contributed by atoms with E-state index in [0.29, 0.717) is 5.92 Å². The zero-order valence-corrected chi connectivity index (χ0v) is 11.0. The first-order valence-corrected chi connectivity index (χ1v) is 6.40. The average molecular weight is 280 g/mol. The van der Waals surface area contributed by atoms with Gasteiger partial charge in [-0.15, -0.1) is 0 Å². The van der Waals surface area contributed by atoms with Crippen molar-refractivity contribution < 1.29 is 0 Å². The van der Waals surface area contributed by atoms with Gasteiger partial charge < -0.3 is 0 Å². The van der Waals surface area contributed by atoms with Crippen molar-refractivity contribution >= 4 is 15.9 Å². The second-order valence-corrected chi connectivity index (χ2v) is 4.50. The quantitative estimate of drug-likeness (QED) is 0.808. The lowest BCUT2D eigenvalue weighted by molar-refractivity contribution is 0.717. The maximum atomic E-state index is 4.40. The molecule has 0 N–H and O–H groups in total. The van der Waals surface area contributed by atoms with E-state index in [0.717, 1.165) is 11.1 Å². The van der Waals surface area contributed by atoms with E-state index in [2.05, 4.69) is 39.9 Å². The molecule has 0 saturated heterocycles. The Morgan fingerprint density at radius 3 is 2.75 bits per heavy atom. The van der Waals surface area contributed by atoms with Gasteiger partial charge in [-0.3, -0.25) is 0 Å². The van der Waals surface area contributed by atoms with Gasteiger partial charge in [0, 0.05) is 17.1 Å². The highest BCUT2D eigenvalue weighted by Crippen LogP contribution is 2.23. The molecule has 2 rings (SSSR count).